The molecule has 1 N–H and O–H groups in total. The van der Waals surface area contributed by atoms with E-state index in [1.807, 2.05) is 13.3 Å². The molecule has 0 aromatic carbocycles. The van der Waals surface area contributed by atoms with Gasteiger partial charge in [0.1, 0.15) is 5.76 Å². The van der Waals surface area contributed by atoms with Crippen molar-refractivity contribution in [2.45, 2.75) is 57.7 Å². The molecule has 1 aromatic heterocycles. The van der Waals surface area contributed by atoms with Crippen molar-refractivity contribution in [3.8, 4) is 0 Å². The first kappa shape index (κ1) is 13.2. The Hall–Kier alpha value is -0.800. The molecular formula is C16H26N2O. The normalized spacial score (nSPS) is 25.4. The summed E-state index contributed by atoms with van der Waals surface area (Å²) in [5.74, 6) is 2.12. The molecule has 0 radical (unpaired) electrons. The zero-order valence-corrected chi connectivity index (χ0v) is 12.0. The van der Waals surface area contributed by atoms with Gasteiger partial charge in [0.25, 0.3) is 0 Å². The van der Waals surface area contributed by atoms with E-state index in [0.717, 1.165) is 25.0 Å². The molecule has 2 fully saturated rings. The molecule has 0 bridgehead atoms. The van der Waals surface area contributed by atoms with Gasteiger partial charge in [-0.25, -0.2) is 0 Å². The minimum atomic E-state index is 0.815. The van der Waals surface area contributed by atoms with Crippen molar-refractivity contribution in [2.24, 2.45) is 5.92 Å². The molecule has 0 amide bonds. The smallest absolute Gasteiger partial charge is 0.122 e. The van der Waals surface area contributed by atoms with Crippen LogP contribution < -0.4 is 5.32 Å². The fourth-order valence-corrected chi connectivity index (χ4v) is 3.96. The van der Waals surface area contributed by atoms with Gasteiger partial charge in [0.05, 0.1) is 12.8 Å². The Bertz CT molecular complexity index is 395. The van der Waals surface area contributed by atoms with Crippen LogP contribution in [0.25, 0.3) is 0 Å². The van der Waals surface area contributed by atoms with E-state index in [9.17, 15) is 0 Å². The van der Waals surface area contributed by atoms with Crippen molar-refractivity contribution in [2.75, 3.05) is 13.6 Å². The molecule has 1 atom stereocenters. The zero-order chi connectivity index (χ0) is 13.1. The summed E-state index contributed by atoms with van der Waals surface area (Å²) in [5.41, 5.74) is 1.32. The van der Waals surface area contributed by atoms with Gasteiger partial charge in [-0.2, -0.15) is 0 Å². The first-order valence-corrected chi connectivity index (χ1v) is 7.82. The predicted octanol–water partition coefficient (Wildman–Crippen LogP) is 3.15. The molecule has 1 aromatic rings. The third-order valence-corrected chi connectivity index (χ3v) is 4.91. The molecule has 106 valence electrons. The van der Waals surface area contributed by atoms with E-state index in [-0.39, 0.29) is 0 Å². The summed E-state index contributed by atoms with van der Waals surface area (Å²) in [6.07, 6.45) is 10.4. The summed E-state index contributed by atoms with van der Waals surface area (Å²) in [7, 11) is 1.99. The number of nitrogens with zero attached hydrogens (tertiary/aromatic N) is 1. The van der Waals surface area contributed by atoms with Crippen molar-refractivity contribution in [3.63, 3.8) is 0 Å². The van der Waals surface area contributed by atoms with E-state index in [2.05, 4.69) is 16.3 Å². The summed E-state index contributed by atoms with van der Waals surface area (Å²) in [6.45, 7) is 3.17. The van der Waals surface area contributed by atoms with Gasteiger partial charge in [-0.1, -0.05) is 12.8 Å². The summed E-state index contributed by atoms with van der Waals surface area (Å²) in [4.78, 5) is 2.67. The van der Waals surface area contributed by atoms with Crippen LogP contribution in [0.2, 0.25) is 0 Å². The van der Waals surface area contributed by atoms with E-state index in [0.29, 0.717) is 0 Å². The fourth-order valence-electron chi connectivity index (χ4n) is 3.96. The molecule has 2 heterocycles. The Morgan fingerprint density at radius 3 is 2.89 bits per heavy atom. The average molecular weight is 262 g/mol. The number of furan rings is 1. The second-order valence-corrected chi connectivity index (χ2v) is 6.12. The van der Waals surface area contributed by atoms with Crippen molar-refractivity contribution < 1.29 is 4.42 Å². The van der Waals surface area contributed by atoms with Crippen molar-refractivity contribution in [1.29, 1.82) is 0 Å². The van der Waals surface area contributed by atoms with Crippen LogP contribution in [0.3, 0.4) is 0 Å². The maximum Gasteiger partial charge on any atom is 0.122 e. The van der Waals surface area contributed by atoms with Crippen LogP contribution in [0.1, 0.15) is 49.8 Å². The SMILES string of the molecule is CNCc1ccoc1CN1CCCC1C1CCCC1. The highest BCUT2D eigenvalue weighted by atomic mass is 16.3. The standard InChI is InChI=1S/C16H26N2O/c1-17-11-14-8-10-19-16(14)12-18-9-4-7-15(18)13-5-2-3-6-13/h8,10,13,15,17H,2-7,9,11-12H2,1H3. The van der Waals surface area contributed by atoms with Crippen LogP contribution in [-0.2, 0) is 13.1 Å². The topological polar surface area (TPSA) is 28.4 Å². The lowest BCUT2D eigenvalue weighted by Gasteiger charge is -2.28. The molecule has 1 aliphatic carbocycles. The predicted molar refractivity (Wildman–Crippen MR) is 76.9 cm³/mol. The lowest BCUT2D eigenvalue weighted by Crippen LogP contribution is -2.34. The fraction of sp³-hybridized carbons (Fsp3) is 0.750. The maximum absolute atomic E-state index is 5.71. The molecule has 3 nitrogen and oxygen atoms in total. The Morgan fingerprint density at radius 2 is 2.11 bits per heavy atom. The molecule has 1 saturated heterocycles. The van der Waals surface area contributed by atoms with Crippen LogP contribution in [0, 0.1) is 5.92 Å². The molecule has 1 aliphatic heterocycles. The number of likely N-dealkylation sites (tertiary alicyclic amines) is 1. The van der Waals surface area contributed by atoms with Crippen molar-refractivity contribution in [1.82, 2.24) is 10.2 Å². The quantitative estimate of drug-likeness (QED) is 0.883. The van der Waals surface area contributed by atoms with E-state index in [1.165, 1.54) is 56.4 Å². The molecule has 3 rings (SSSR count). The zero-order valence-electron chi connectivity index (χ0n) is 12.0. The van der Waals surface area contributed by atoms with E-state index in [1.54, 1.807) is 0 Å². The molecule has 1 unspecified atom stereocenters. The largest absolute Gasteiger partial charge is 0.468 e. The summed E-state index contributed by atoms with van der Waals surface area (Å²) in [5, 5.41) is 3.22. The Kier molecular flexibility index (Phi) is 4.24. The van der Waals surface area contributed by atoms with Gasteiger partial charge in [0.15, 0.2) is 0 Å². The third-order valence-electron chi connectivity index (χ3n) is 4.91. The molecular weight excluding hydrogens is 236 g/mol. The highest BCUT2D eigenvalue weighted by Gasteiger charge is 2.33. The Balaban J connectivity index is 1.65. The van der Waals surface area contributed by atoms with Gasteiger partial charge >= 0.3 is 0 Å². The van der Waals surface area contributed by atoms with Crippen LogP contribution in [-0.4, -0.2) is 24.5 Å². The molecule has 1 saturated carbocycles. The van der Waals surface area contributed by atoms with Crippen LogP contribution in [0.15, 0.2) is 16.7 Å². The number of hydrogen-bond donors (Lipinski definition) is 1. The first-order chi connectivity index (χ1) is 9.38. The molecule has 0 spiro atoms. The van der Waals surface area contributed by atoms with Crippen LogP contribution in [0.5, 0.6) is 0 Å². The minimum Gasteiger partial charge on any atom is -0.468 e. The van der Waals surface area contributed by atoms with Gasteiger partial charge in [-0.3, -0.25) is 4.90 Å². The van der Waals surface area contributed by atoms with Gasteiger partial charge in [0, 0.05) is 18.2 Å². The number of hydrogen-bond acceptors (Lipinski definition) is 3. The Morgan fingerprint density at radius 1 is 1.26 bits per heavy atom. The molecule has 19 heavy (non-hydrogen) atoms. The second kappa shape index (κ2) is 6.10. The minimum absolute atomic E-state index is 0.815. The second-order valence-electron chi connectivity index (χ2n) is 6.12. The van der Waals surface area contributed by atoms with Crippen molar-refractivity contribution in [3.05, 3.63) is 23.7 Å². The summed E-state index contributed by atoms with van der Waals surface area (Å²) in [6, 6.07) is 2.92. The van der Waals surface area contributed by atoms with Gasteiger partial charge in [-0.15, -0.1) is 0 Å². The third kappa shape index (κ3) is 2.87. The van der Waals surface area contributed by atoms with E-state index in [4.69, 9.17) is 4.42 Å². The van der Waals surface area contributed by atoms with Gasteiger partial charge in [0.2, 0.25) is 0 Å². The number of rotatable bonds is 5. The first-order valence-electron chi connectivity index (χ1n) is 7.82. The molecule has 2 aliphatic rings. The van der Waals surface area contributed by atoms with Crippen molar-refractivity contribution >= 4 is 0 Å². The monoisotopic (exact) mass is 262 g/mol. The highest BCUT2D eigenvalue weighted by Crippen LogP contribution is 2.36. The van der Waals surface area contributed by atoms with Gasteiger partial charge in [-0.05, 0) is 51.3 Å². The van der Waals surface area contributed by atoms with Crippen LogP contribution in [0.4, 0.5) is 0 Å². The number of nitrogens with one attached hydrogen (secondary N) is 1. The molecule has 3 heteroatoms. The van der Waals surface area contributed by atoms with Crippen LogP contribution >= 0.6 is 0 Å². The maximum atomic E-state index is 5.71. The highest BCUT2D eigenvalue weighted by molar-refractivity contribution is 5.17. The average Bonchev–Trinajstić information content (AvgIpc) is 3.12. The summed E-state index contributed by atoms with van der Waals surface area (Å²) < 4.78 is 5.71. The Labute approximate surface area is 116 Å². The van der Waals surface area contributed by atoms with E-state index < -0.39 is 0 Å². The van der Waals surface area contributed by atoms with Gasteiger partial charge < -0.3 is 9.73 Å². The summed E-state index contributed by atoms with van der Waals surface area (Å²) >= 11 is 0. The van der Waals surface area contributed by atoms with E-state index >= 15 is 0 Å². The lowest BCUT2D eigenvalue weighted by molar-refractivity contribution is 0.170. The lowest BCUT2D eigenvalue weighted by atomic mass is 9.96.